The fourth-order valence-corrected chi connectivity index (χ4v) is 2.58. The van der Waals surface area contributed by atoms with Crippen molar-refractivity contribution < 1.29 is 0 Å². The molecule has 1 aromatic heterocycles. The Labute approximate surface area is 110 Å². The van der Waals surface area contributed by atoms with Gasteiger partial charge in [0.15, 0.2) is 0 Å². The molecule has 1 aliphatic rings. The van der Waals surface area contributed by atoms with E-state index in [9.17, 15) is 0 Å². The Balaban J connectivity index is 2.12. The Morgan fingerprint density at radius 3 is 2.67 bits per heavy atom. The minimum Gasteiger partial charge on any atom is -0.373 e. The standard InChI is InChI=1S/C14H24N4/c1-4-6-12-17-13(15-3)9-14(18-12)16-11-8-5-7-10(11)2/h9-11H,4-8H2,1-3H3,(H2,15,16,17,18). The van der Waals surface area contributed by atoms with E-state index in [1.165, 1.54) is 19.3 Å². The lowest BCUT2D eigenvalue weighted by atomic mass is 10.1. The Kier molecular flexibility index (Phi) is 4.39. The van der Waals surface area contributed by atoms with Crippen molar-refractivity contribution in [2.45, 2.75) is 52.0 Å². The van der Waals surface area contributed by atoms with Crippen molar-refractivity contribution in [1.29, 1.82) is 0 Å². The van der Waals surface area contributed by atoms with Crippen molar-refractivity contribution in [2.75, 3.05) is 17.7 Å². The topological polar surface area (TPSA) is 49.8 Å². The van der Waals surface area contributed by atoms with Crippen molar-refractivity contribution in [1.82, 2.24) is 9.97 Å². The highest BCUT2D eigenvalue weighted by atomic mass is 15.1. The first-order valence-corrected chi connectivity index (χ1v) is 7.05. The minimum absolute atomic E-state index is 0.569. The molecule has 2 rings (SSSR count). The molecule has 0 amide bonds. The third-order valence-electron chi connectivity index (χ3n) is 3.70. The van der Waals surface area contributed by atoms with Crippen LogP contribution in [0.2, 0.25) is 0 Å². The van der Waals surface area contributed by atoms with Crippen LogP contribution < -0.4 is 10.6 Å². The van der Waals surface area contributed by atoms with Gasteiger partial charge in [-0.05, 0) is 25.2 Å². The average molecular weight is 248 g/mol. The first kappa shape index (κ1) is 13.1. The quantitative estimate of drug-likeness (QED) is 0.841. The molecule has 18 heavy (non-hydrogen) atoms. The summed E-state index contributed by atoms with van der Waals surface area (Å²) >= 11 is 0. The third kappa shape index (κ3) is 3.12. The van der Waals surface area contributed by atoms with Gasteiger partial charge in [-0.1, -0.05) is 20.3 Å². The predicted octanol–water partition coefficient (Wildman–Crippen LogP) is 3.07. The second kappa shape index (κ2) is 6.03. The molecule has 2 N–H and O–H groups in total. The highest BCUT2D eigenvalue weighted by Gasteiger charge is 2.23. The lowest BCUT2D eigenvalue weighted by molar-refractivity contribution is 0.554. The Morgan fingerprint density at radius 2 is 2.06 bits per heavy atom. The summed E-state index contributed by atoms with van der Waals surface area (Å²) in [6, 6.07) is 2.57. The van der Waals surface area contributed by atoms with Gasteiger partial charge in [-0.3, -0.25) is 0 Å². The highest BCUT2D eigenvalue weighted by Crippen LogP contribution is 2.27. The number of aromatic nitrogens is 2. The second-order valence-electron chi connectivity index (χ2n) is 5.21. The monoisotopic (exact) mass is 248 g/mol. The number of hydrogen-bond acceptors (Lipinski definition) is 4. The zero-order chi connectivity index (χ0) is 13.0. The van der Waals surface area contributed by atoms with Gasteiger partial charge in [-0.15, -0.1) is 0 Å². The maximum absolute atomic E-state index is 4.61. The number of anilines is 2. The fourth-order valence-electron chi connectivity index (χ4n) is 2.58. The molecule has 1 saturated carbocycles. The van der Waals surface area contributed by atoms with Crippen LogP contribution in [0.4, 0.5) is 11.6 Å². The van der Waals surface area contributed by atoms with Crippen LogP contribution in [-0.2, 0) is 6.42 Å². The predicted molar refractivity (Wildman–Crippen MR) is 76.0 cm³/mol. The molecule has 2 unspecified atom stereocenters. The van der Waals surface area contributed by atoms with Crippen LogP contribution in [0.15, 0.2) is 6.07 Å². The molecule has 4 heteroatoms. The molecule has 1 heterocycles. The van der Waals surface area contributed by atoms with Gasteiger partial charge in [0.2, 0.25) is 0 Å². The summed E-state index contributed by atoms with van der Waals surface area (Å²) in [7, 11) is 1.90. The number of rotatable bonds is 5. The number of aryl methyl sites for hydroxylation is 1. The Bertz CT molecular complexity index is 391. The van der Waals surface area contributed by atoms with Crippen LogP contribution in [0.3, 0.4) is 0 Å². The van der Waals surface area contributed by atoms with E-state index in [-0.39, 0.29) is 0 Å². The van der Waals surface area contributed by atoms with Gasteiger partial charge >= 0.3 is 0 Å². The van der Waals surface area contributed by atoms with Crippen molar-refractivity contribution in [2.24, 2.45) is 5.92 Å². The maximum atomic E-state index is 4.61. The van der Waals surface area contributed by atoms with E-state index in [0.717, 1.165) is 36.2 Å². The molecule has 0 aliphatic heterocycles. The molecule has 2 atom stereocenters. The summed E-state index contributed by atoms with van der Waals surface area (Å²) in [6.07, 6.45) is 5.91. The molecule has 0 saturated heterocycles. The molecule has 100 valence electrons. The third-order valence-corrected chi connectivity index (χ3v) is 3.70. The largest absolute Gasteiger partial charge is 0.373 e. The van der Waals surface area contributed by atoms with E-state index in [1.807, 2.05) is 13.1 Å². The lowest BCUT2D eigenvalue weighted by Crippen LogP contribution is -2.23. The molecular formula is C14H24N4. The number of nitrogens with one attached hydrogen (secondary N) is 2. The van der Waals surface area contributed by atoms with Crippen LogP contribution in [0, 0.1) is 5.92 Å². The van der Waals surface area contributed by atoms with Crippen LogP contribution in [-0.4, -0.2) is 23.1 Å². The zero-order valence-corrected chi connectivity index (χ0v) is 11.7. The van der Waals surface area contributed by atoms with Crippen LogP contribution in [0.25, 0.3) is 0 Å². The van der Waals surface area contributed by atoms with Crippen LogP contribution in [0.5, 0.6) is 0 Å². The fraction of sp³-hybridized carbons (Fsp3) is 0.714. The van der Waals surface area contributed by atoms with Crippen molar-refractivity contribution in [3.63, 3.8) is 0 Å². The molecule has 0 spiro atoms. The van der Waals surface area contributed by atoms with Gasteiger partial charge in [0.05, 0.1) is 0 Å². The second-order valence-corrected chi connectivity index (χ2v) is 5.21. The molecule has 1 aliphatic carbocycles. The SMILES string of the molecule is CCCc1nc(NC)cc(NC2CCCC2C)n1. The summed E-state index contributed by atoms with van der Waals surface area (Å²) in [4.78, 5) is 9.08. The Morgan fingerprint density at radius 1 is 1.28 bits per heavy atom. The van der Waals surface area contributed by atoms with Gasteiger partial charge < -0.3 is 10.6 Å². The molecule has 1 aromatic rings. The molecule has 0 radical (unpaired) electrons. The molecule has 0 aromatic carbocycles. The van der Waals surface area contributed by atoms with E-state index >= 15 is 0 Å². The highest BCUT2D eigenvalue weighted by molar-refractivity contribution is 5.48. The molecular weight excluding hydrogens is 224 g/mol. The average Bonchev–Trinajstić information content (AvgIpc) is 2.75. The van der Waals surface area contributed by atoms with E-state index < -0.39 is 0 Å². The zero-order valence-electron chi connectivity index (χ0n) is 11.7. The first-order chi connectivity index (χ1) is 8.72. The van der Waals surface area contributed by atoms with E-state index in [2.05, 4.69) is 34.4 Å². The van der Waals surface area contributed by atoms with Crippen LogP contribution in [0.1, 0.15) is 45.4 Å². The van der Waals surface area contributed by atoms with E-state index in [4.69, 9.17) is 0 Å². The summed E-state index contributed by atoms with van der Waals surface area (Å²) in [5.41, 5.74) is 0. The summed E-state index contributed by atoms with van der Waals surface area (Å²) in [5.74, 6) is 3.54. The van der Waals surface area contributed by atoms with Gasteiger partial charge in [0, 0.05) is 25.6 Å². The summed E-state index contributed by atoms with van der Waals surface area (Å²) < 4.78 is 0. The van der Waals surface area contributed by atoms with E-state index in [0.29, 0.717) is 6.04 Å². The summed E-state index contributed by atoms with van der Waals surface area (Å²) in [6.45, 7) is 4.47. The van der Waals surface area contributed by atoms with Gasteiger partial charge in [-0.25, -0.2) is 9.97 Å². The number of nitrogens with zero attached hydrogens (tertiary/aromatic N) is 2. The normalized spacial score (nSPS) is 23.1. The maximum Gasteiger partial charge on any atom is 0.133 e. The van der Waals surface area contributed by atoms with E-state index in [1.54, 1.807) is 0 Å². The molecule has 0 bridgehead atoms. The van der Waals surface area contributed by atoms with Crippen molar-refractivity contribution in [3.8, 4) is 0 Å². The van der Waals surface area contributed by atoms with Crippen molar-refractivity contribution >= 4 is 11.6 Å². The van der Waals surface area contributed by atoms with Gasteiger partial charge in [0.1, 0.15) is 17.5 Å². The molecule has 4 nitrogen and oxygen atoms in total. The minimum atomic E-state index is 0.569. The van der Waals surface area contributed by atoms with Gasteiger partial charge in [0.25, 0.3) is 0 Å². The summed E-state index contributed by atoms with van der Waals surface area (Å²) in [5, 5.41) is 6.68. The van der Waals surface area contributed by atoms with Crippen molar-refractivity contribution in [3.05, 3.63) is 11.9 Å². The number of hydrogen-bond donors (Lipinski definition) is 2. The van der Waals surface area contributed by atoms with Gasteiger partial charge in [-0.2, -0.15) is 0 Å². The smallest absolute Gasteiger partial charge is 0.133 e. The van der Waals surface area contributed by atoms with Crippen LogP contribution >= 0.6 is 0 Å². The first-order valence-electron chi connectivity index (χ1n) is 7.05. The Hall–Kier alpha value is -1.32. The molecule has 1 fully saturated rings. The lowest BCUT2D eigenvalue weighted by Gasteiger charge is -2.18.